The molecule has 2 aliphatic rings. The van der Waals surface area contributed by atoms with E-state index in [-0.39, 0.29) is 42.9 Å². The molecular weight excluding hydrogens is 539 g/mol. The molecule has 0 aliphatic carbocycles. The number of hydrogen-bond donors (Lipinski definition) is 3. The van der Waals surface area contributed by atoms with Gasteiger partial charge in [-0.1, -0.05) is 19.9 Å². The Hall–Kier alpha value is -4.47. The van der Waals surface area contributed by atoms with Gasteiger partial charge in [-0.15, -0.1) is 0 Å². The minimum atomic E-state index is -0.562. The lowest BCUT2D eigenvalue weighted by Gasteiger charge is -2.33. The monoisotopic (exact) mass is 572 g/mol. The Labute approximate surface area is 243 Å². The zero-order valence-electron chi connectivity index (χ0n) is 23.8. The van der Waals surface area contributed by atoms with Crippen LogP contribution in [0.3, 0.4) is 0 Å². The Morgan fingerprint density at radius 1 is 1.36 bits per heavy atom. The summed E-state index contributed by atoms with van der Waals surface area (Å²) in [6, 6.07) is 7.63. The van der Waals surface area contributed by atoms with Gasteiger partial charge in [0.25, 0.3) is 5.91 Å². The first-order chi connectivity index (χ1) is 20.3. The Kier molecular flexibility index (Phi) is 8.70. The number of hydrogen-bond acceptors (Lipinski definition) is 10. The summed E-state index contributed by atoms with van der Waals surface area (Å²) in [6.45, 7) is 5.49. The van der Waals surface area contributed by atoms with Gasteiger partial charge in [-0.25, -0.2) is 19.3 Å². The number of methoxy groups -OCH3 is 1. The van der Waals surface area contributed by atoms with Gasteiger partial charge in [-0.3, -0.25) is 9.69 Å². The van der Waals surface area contributed by atoms with Crippen LogP contribution in [0.4, 0.5) is 15.9 Å². The maximum Gasteiger partial charge on any atom is 0.265 e. The van der Waals surface area contributed by atoms with E-state index < -0.39 is 5.82 Å². The summed E-state index contributed by atoms with van der Waals surface area (Å²) < 4.78 is 24.8. The number of fused-ring (bicyclic) bond motifs is 1. The first-order valence-electron chi connectivity index (χ1n) is 13.8. The van der Waals surface area contributed by atoms with Gasteiger partial charge in [0.15, 0.2) is 12.4 Å². The summed E-state index contributed by atoms with van der Waals surface area (Å²) in [5.41, 5.74) is 3.24. The highest BCUT2D eigenvalue weighted by atomic mass is 19.1. The van der Waals surface area contributed by atoms with Crippen LogP contribution in [0.15, 0.2) is 30.6 Å². The largest absolute Gasteiger partial charge is 0.482 e. The Morgan fingerprint density at radius 2 is 2.14 bits per heavy atom. The lowest BCUT2D eigenvalue weighted by atomic mass is 9.91. The highest BCUT2D eigenvalue weighted by Gasteiger charge is 2.30. The molecule has 218 valence electrons. The predicted molar refractivity (Wildman–Crippen MR) is 155 cm³/mol. The third kappa shape index (κ3) is 5.93. The van der Waals surface area contributed by atoms with E-state index in [2.05, 4.69) is 40.5 Å². The van der Waals surface area contributed by atoms with Gasteiger partial charge in [-0.2, -0.15) is 5.26 Å². The summed E-state index contributed by atoms with van der Waals surface area (Å²) in [5.74, 6) is 0.631. The average molecular weight is 573 g/mol. The molecule has 0 saturated carbocycles. The number of nitrogens with one attached hydrogen (secondary N) is 3. The van der Waals surface area contributed by atoms with Crippen molar-refractivity contribution in [1.29, 1.82) is 10.7 Å². The van der Waals surface area contributed by atoms with Crippen LogP contribution < -0.4 is 20.3 Å². The fourth-order valence-electron chi connectivity index (χ4n) is 5.37. The van der Waals surface area contributed by atoms with Gasteiger partial charge < -0.3 is 25.5 Å². The summed E-state index contributed by atoms with van der Waals surface area (Å²) in [4.78, 5) is 27.1. The van der Waals surface area contributed by atoms with E-state index in [9.17, 15) is 14.4 Å². The molecule has 2 unspecified atom stereocenters. The molecule has 2 aromatic heterocycles. The highest BCUT2D eigenvalue weighted by Crippen LogP contribution is 2.40. The molecule has 1 saturated heterocycles. The van der Waals surface area contributed by atoms with Crippen molar-refractivity contribution >= 4 is 23.6 Å². The van der Waals surface area contributed by atoms with Gasteiger partial charge in [0, 0.05) is 31.0 Å². The molecule has 42 heavy (non-hydrogen) atoms. The number of nitrogens with zero attached hydrogens (tertiary/aromatic N) is 5. The van der Waals surface area contributed by atoms with E-state index >= 15 is 0 Å². The molecule has 0 radical (unpaired) electrons. The summed E-state index contributed by atoms with van der Waals surface area (Å²) in [6.07, 6.45) is 4.63. The number of ether oxygens (including phenoxy) is 2. The maximum absolute atomic E-state index is 13.3. The van der Waals surface area contributed by atoms with Gasteiger partial charge in [0.1, 0.15) is 23.5 Å². The van der Waals surface area contributed by atoms with Crippen molar-refractivity contribution < 1.29 is 18.7 Å². The smallest absolute Gasteiger partial charge is 0.265 e. The van der Waals surface area contributed by atoms with Crippen molar-refractivity contribution in [3.63, 3.8) is 0 Å². The first-order valence-corrected chi connectivity index (χ1v) is 13.8. The fraction of sp³-hybridized carbons (Fsp3) is 0.400. The number of pyridine rings is 1. The van der Waals surface area contributed by atoms with Gasteiger partial charge in [-0.05, 0) is 43.0 Å². The molecule has 5 rings (SSSR count). The summed E-state index contributed by atoms with van der Waals surface area (Å²) in [5, 5.41) is 25.6. The second-order valence-electron chi connectivity index (χ2n) is 10.7. The number of halogens is 1. The summed E-state index contributed by atoms with van der Waals surface area (Å²) >= 11 is 0. The molecule has 1 aromatic carbocycles. The van der Waals surface area contributed by atoms with Crippen molar-refractivity contribution in [2.24, 2.45) is 5.92 Å². The number of amides is 1. The Morgan fingerprint density at radius 3 is 2.83 bits per heavy atom. The molecule has 4 heterocycles. The van der Waals surface area contributed by atoms with Crippen LogP contribution in [-0.2, 0) is 22.5 Å². The molecule has 3 N–H and O–H groups in total. The number of nitriles is 1. The van der Waals surface area contributed by atoms with E-state index in [1.165, 1.54) is 11.1 Å². The standard InChI is InChI=1S/C30H33FN8O3/c1-17(2)8-23-20(10-32)29(21(11-33)30(38-23)37-22-6-7-34-14-26(22)41-3)18-4-5-24-25(9-18)42-16-28(40)39(24)15-27-35-12-19(31)13-36-27/h4-5,9,11-13,17,22,26,33-34H,6-8,14-16H2,1-3H3,(H,37,38). The molecule has 1 fully saturated rings. The molecule has 0 spiro atoms. The van der Waals surface area contributed by atoms with E-state index in [0.717, 1.165) is 25.4 Å². The predicted octanol–water partition coefficient (Wildman–Crippen LogP) is 3.46. The van der Waals surface area contributed by atoms with E-state index in [1.807, 2.05) is 0 Å². The van der Waals surface area contributed by atoms with E-state index in [1.54, 1.807) is 25.3 Å². The van der Waals surface area contributed by atoms with Crippen LogP contribution in [0.1, 0.15) is 42.9 Å². The topological polar surface area (TPSA) is 149 Å². The zero-order valence-corrected chi connectivity index (χ0v) is 23.8. The fourth-order valence-corrected chi connectivity index (χ4v) is 5.37. The van der Waals surface area contributed by atoms with Crippen molar-refractivity contribution in [2.45, 2.75) is 45.4 Å². The Bertz CT molecular complexity index is 1520. The minimum absolute atomic E-state index is 0.0322. The second kappa shape index (κ2) is 12.6. The maximum atomic E-state index is 13.3. The molecule has 2 atom stereocenters. The minimum Gasteiger partial charge on any atom is -0.482 e. The van der Waals surface area contributed by atoms with Crippen LogP contribution in [0.2, 0.25) is 0 Å². The Balaban J connectivity index is 1.60. The van der Waals surface area contributed by atoms with E-state index in [4.69, 9.17) is 19.9 Å². The second-order valence-corrected chi connectivity index (χ2v) is 10.7. The van der Waals surface area contributed by atoms with Crippen molar-refractivity contribution in [1.82, 2.24) is 20.3 Å². The van der Waals surface area contributed by atoms with Crippen LogP contribution in [0.25, 0.3) is 11.1 Å². The van der Waals surface area contributed by atoms with E-state index in [0.29, 0.717) is 58.2 Å². The SMILES string of the molecule is COC1CNCCC1Nc1nc(CC(C)C)c(C#N)c(-c2ccc3c(c2)OCC(=O)N3Cc2ncc(F)cn2)c1C=N. The van der Waals surface area contributed by atoms with Crippen LogP contribution in [-0.4, -0.2) is 66.0 Å². The number of carbonyl (C=O) groups excluding carboxylic acids is 1. The van der Waals surface area contributed by atoms with Gasteiger partial charge in [0.05, 0.1) is 48.0 Å². The van der Waals surface area contributed by atoms with Crippen LogP contribution in [0, 0.1) is 28.5 Å². The number of anilines is 2. The van der Waals surface area contributed by atoms with Crippen LogP contribution >= 0.6 is 0 Å². The number of rotatable bonds is 9. The average Bonchev–Trinajstić information content (AvgIpc) is 2.99. The van der Waals surface area contributed by atoms with Crippen molar-refractivity contribution in [3.8, 4) is 22.9 Å². The van der Waals surface area contributed by atoms with Crippen LogP contribution in [0.5, 0.6) is 5.75 Å². The lowest BCUT2D eigenvalue weighted by Crippen LogP contribution is -2.49. The molecule has 3 aromatic rings. The number of benzene rings is 1. The first kappa shape index (κ1) is 29.0. The third-order valence-electron chi connectivity index (χ3n) is 7.38. The van der Waals surface area contributed by atoms with Gasteiger partial charge in [0.2, 0.25) is 0 Å². The molecule has 12 heteroatoms. The zero-order chi connectivity index (χ0) is 29.8. The lowest BCUT2D eigenvalue weighted by molar-refractivity contribution is -0.121. The number of piperidine rings is 1. The highest BCUT2D eigenvalue weighted by molar-refractivity contribution is 6.00. The number of carbonyl (C=O) groups is 1. The molecule has 11 nitrogen and oxygen atoms in total. The molecule has 0 bridgehead atoms. The third-order valence-corrected chi connectivity index (χ3v) is 7.38. The molecule has 1 amide bonds. The normalized spacial score (nSPS) is 18.3. The van der Waals surface area contributed by atoms with Crippen molar-refractivity contribution in [2.75, 3.05) is 37.0 Å². The quantitative estimate of drug-likeness (QED) is 0.328. The molecular formula is C30H33FN8O3. The molecule has 2 aliphatic heterocycles. The van der Waals surface area contributed by atoms with Gasteiger partial charge >= 0.3 is 0 Å². The summed E-state index contributed by atoms with van der Waals surface area (Å²) in [7, 11) is 1.68. The van der Waals surface area contributed by atoms with Crippen molar-refractivity contribution in [3.05, 3.63) is 59.1 Å². The number of aromatic nitrogens is 3.